The number of hydrogen-bond acceptors (Lipinski definition) is 4. The van der Waals surface area contributed by atoms with Gasteiger partial charge in [0.2, 0.25) is 0 Å². The van der Waals surface area contributed by atoms with E-state index in [-0.39, 0.29) is 11.5 Å². The van der Waals surface area contributed by atoms with Gasteiger partial charge in [-0.05, 0) is 53.5 Å². The van der Waals surface area contributed by atoms with Crippen LogP contribution >= 0.6 is 15.9 Å². The molecule has 0 fully saturated rings. The molecule has 0 unspecified atom stereocenters. The molecule has 1 aromatic carbocycles. The van der Waals surface area contributed by atoms with Crippen LogP contribution in [0.5, 0.6) is 0 Å². The van der Waals surface area contributed by atoms with E-state index in [1.807, 2.05) is 19.1 Å². The molecule has 1 aromatic heterocycles. The lowest BCUT2D eigenvalue weighted by Crippen LogP contribution is -2.22. The summed E-state index contributed by atoms with van der Waals surface area (Å²) in [4.78, 5) is 35.3. The molecule has 7 heteroatoms. The Balaban J connectivity index is 1.96. The Labute approximate surface area is 147 Å². The van der Waals surface area contributed by atoms with Crippen molar-refractivity contribution in [2.45, 2.75) is 13.8 Å². The van der Waals surface area contributed by atoms with Crippen molar-refractivity contribution in [3.05, 3.63) is 51.8 Å². The van der Waals surface area contributed by atoms with Crippen molar-refractivity contribution in [2.75, 3.05) is 11.9 Å². The van der Waals surface area contributed by atoms with Crippen molar-refractivity contribution >= 4 is 39.3 Å². The fourth-order valence-electron chi connectivity index (χ4n) is 2.07. The Morgan fingerprint density at radius 1 is 1.25 bits per heavy atom. The Hall–Kier alpha value is -2.41. The lowest BCUT2D eigenvalue weighted by Gasteiger charge is -2.09. The van der Waals surface area contributed by atoms with Gasteiger partial charge in [0.05, 0.1) is 5.69 Å². The lowest BCUT2D eigenvalue weighted by molar-refractivity contribution is -0.119. The zero-order valence-electron chi connectivity index (χ0n) is 13.6. The summed E-state index contributed by atoms with van der Waals surface area (Å²) in [5, 5.41) is 2.66. The first-order valence-electron chi connectivity index (χ1n) is 7.18. The van der Waals surface area contributed by atoms with Crippen LogP contribution in [0.4, 0.5) is 5.69 Å². The highest BCUT2D eigenvalue weighted by Crippen LogP contribution is 2.23. The van der Waals surface area contributed by atoms with E-state index in [2.05, 4.69) is 21.2 Å². The monoisotopic (exact) mass is 392 g/mol. The molecule has 2 rings (SSSR count). The van der Waals surface area contributed by atoms with Gasteiger partial charge in [0.1, 0.15) is 5.69 Å². The summed E-state index contributed by atoms with van der Waals surface area (Å²) < 4.78 is 7.24. The number of amides is 1. The van der Waals surface area contributed by atoms with E-state index >= 15 is 0 Å². The number of Topliss-reactive ketones (excluding diaryl/α,β-unsaturated/α-hetero) is 1. The lowest BCUT2D eigenvalue weighted by atomic mass is 10.2. The summed E-state index contributed by atoms with van der Waals surface area (Å²) in [6, 6.07) is 6.93. The summed E-state index contributed by atoms with van der Waals surface area (Å²) in [7, 11) is 1.63. The van der Waals surface area contributed by atoms with Crippen LogP contribution in [0.15, 0.2) is 34.9 Å². The number of rotatable bonds is 5. The molecular weight excluding hydrogens is 376 g/mol. The summed E-state index contributed by atoms with van der Waals surface area (Å²) in [6.45, 7) is 2.93. The zero-order chi connectivity index (χ0) is 17.9. The third kappa shape index (κ3) is 4.32. The predicted molar refractivity (Wildman–Crippen MR) is 93.2 cm³/mol. The van der Waals surface area contributed by atoms with Gasteiger partial charge in [-0.15, -0.1) is 0 Å². The van der Waals surface area contributed by atoms with Gasteiger partial charge < -0.3 is 14.6 Å². The maximum Gasteiger partial charge on any atom is 0.355 e. The summed E-state index contributed by atoms with van der Waals surface area (Å²) in [5.41, 5.74) is 2.28. The third-order valence-corrected chi connectivity index (χ3v) is 4.01. The van der Waals surface area contributed by atoms with Crippen LogP contribution in [-0.4, -0.2) is 28.8 Å². The van der Waals surface area contributed by atoms with Gasteiger partial charge in [-0.1, -0.05) is 6.07 Å². The quantitative estimate of drug-likeness (QED) is 0.626. The van der Waals surface area contributed by atoms with Crippen LogP contribution < -0.4 is 5.32 Å². The summed E-state index contributed by atoms with van der Waals surface area (Å²) in [5.74, 6) is -1.26. The van der Waals surface area contributed by atoms with E-state index in [0.717, 1.165) is 10.0 Å². The molecule has 6 nitrogen and oxygen atoms in total. The average molecular weight is 393 g/mol. The van der Waals surface area contributed by atoms with Gasteiger partial charge in [0.25, 0.3) is 5.91 Å². The number of halogens is 1. The van der Waals surface area contributed by atoms with E-state index in [1.165, 1.54) is 17.6 Å². The van der Waals surface area contributed by atoms with Crippen LogP contribution in [0.25, 0.3) is 0 Å². The number of aromatic nitrogens is 1. The Bertz CT molecular complexity index is 811. The van der Waals surface area contributed by atoms with Crippen molar-refractivity contribution in [1.82, 2.24) is 4.57 Å². The maximum atomic E-state index is 12.0. The zero-order valence-corrected chi connectivity index (χ0v) is 15.1. The van der Waals surface area contributed by atoms with Gasteiger partial charge in [-0.2, -0.15) is 0 Å². The maximum absolute atomic E-state index is 12.0. The van der Waals surface area contributed by atoms with E-state index < -0.39 is 18.5 Å². The van der Waals surface area contributed by atoms with Gasteiger partial charge in [0, 0.05) is 23.3 Å². The Kier molecular flexibility index (Phi) is 5.56. The minimum absolute atomic E-state index is 0.147. The highest BCUT2D eigenvalue weighted by molar-refractivity contribution is 9.10. The molecule has 0 saturated carbocycles. The molecule has 0 aliphatic heterocycles. The molecule has 0 radical (unpaired) electrons. The smallest absolute Gasteiger partial charge is 0.355 e. The first-order chi connectivity index (χ1) is 11.3. The van der Waals surface area contributed by atoms with Crippen LogP contribution in [0.1, 0.15) is 33.3 Å². The predicted octanol–water partition coefficient (Wildman–Crippen LogP) is 3.09. The number of benzene rings is 1. The molecule has 0 bridgehead atoms. The van der Waals surface area contributed by atoms with E-state index in [0.29, 0.717) is 11.3 Å². The number of aryl methyl sites for hydroxylation is 2. The molecule has 0 saturated heterocycles. The van der Waals surface area contributed by atoms with Gasteiger partial charge in [-0.3, -0.25) is 9.59 Å². The van der Waals surface area contributed by atoms with Crippen LogP contribution in [0.2, 0.25) is 0 Å². The number of carbonyl (C=O) groups excluding carboxylic acids is 3. The third-order valence-electron chi connectivity index (χ3n) is 3.35. The minimum atomic E-state index is -0.664. The number of ketones is 1. The molecule has 2 aromatic rings. The molecule has 1 amide bonds. The number of esters is 1. The van der Waals surface area contributed by atoms with Crippen LogP contribution in [0, 0.1) is 6.92 Å². The second-order valence-corrected chi connectivity index (χ2v) is 6.24. The van der Waals surface area contributed by atoms with Gasteiger partial charge in [-0.25, -0.2) is 4.79 Å². The van der Waals surface area contributed by atoms with Crippen molar-refractivity contribution in [2.24, 2.45) is 7.05 Å². The standard InChI is InChI=1S/C17H17BrN2O4/c1-10-4-5-14(13(18)6-10)19-16(22)9-24-17(23)15-7-12(11(2)21)8-20(15)3/h4-8H,9H2,1-3H3,(H,19,22). The summed E-state index contributed by atoms with van der Waals surface area (Å²) >= 11 is 3.36. The number of carbonyl (C=O) groups is 3. The largest absolute Gasteiger partial charge is 0.451 e. The van der Waals surface area contributed by atoms with Crippen LogP contribution in [0.3, 0.4) is 0 Å². The minimum Gasteiger partial charge on any atom is -0.451 e. The van der Waals surface area contributed by atoms with E-state index in [9.17, 15) is 14.4 Å². The molecule has 126 valence electrons. The number of nitrogens with one attached hydrogen (secondary N) is 1. The Morgan fingerprint density at radius 3 is 2.54 bits per heavy atom. The topological polar surface area (TPSA) is 77.4 Å². The Morgan fingerprint density at radius 2 is 1.96 bits per heavy atom. The fraction of sp³-hybridized carbons (Fsp3) is 0.235. The van der Waals surface area contributed by atoms with Gasteiger partial charge >= 0.3 is 5.97 Å². The molecule has 0 atom stereocenters. The van der Waals surface area contributed by atoms with Crippen molar-refractivity contribution < 1.29 is 19.1 Å². The second-order valence-electron chi connectivity index (χ2n) is 5.39. The molecule has 1 N–H and O–H groups in total. The van der Waals surface area contributed by atoms with E-state index in [1.54, 1.807) is 19.3 Å². The van der Waals surface area contributed by atoms with Crippen LogP contribution in [-0.2, 0) is 16.6 Å². The average Bonchev–Trinajstić information content (AvgIpc) is 2.90. The number of nitrogens with zero attached hydrogens (tertiary/aromatic N) is 1. The van der Waals surface area contributed by atoms with Crippen molar-refractivity contribution in [1.29, 1.82) is 0 Å². The van der Waals surface area contributed by atoms with Gasteiger partial charge in [0.15, 0.2) is 12.4 Å². The SMILES string of the molecule is CC(=O)c1cc(C(=O)OCC(=O)Nc2ccc(C)cc2Br)n(C)c1. The van der Waals surface area contributed by atoms with Crippen molar-refractivity contribution in [3.63, 3.8) is 0 Å². The highest BCUT2D eigenvalue weighted by atomic mass is 79.9. The first kappa shape index (κ1) is 17.9. The molecule has 0 spiro atoms. The van der Waals surface area contributed by atoms with Crippen molar-refractivity contribution in [3.8, 4) is 0 Å². The van der Waals surface area contributed by atoms with E-state index in [4.69, 9.17) is 4.74 Å². The molecular formula is C17H17BrN2O4. The normalized spacial score (nSPS) is 10.3. The molecule has 0 aliphatic rings. The molecule has 0 aliphatic carbocycles. The number of anilines is 1. The highest BCUT2D eigenvalue weighted by Gasteiger charge is 2.16. The molecule has 24 heavy (non-hydrogen) atoms. The number of hydrogen-bond donors (Lipinski definition) is 1. The first-order valence-corrected chi connectivity index (χ1v) is 7.97. The fourth-order valence-corrected chi connectivity index (χ4v) is 2.67. The number of ether oxygens (including phenoxy) is 1. The summed E-state index contributed by atoms with van der Waals surface area (Å²) in [6.07, 6.45) is 1.54. The molecule has 1 heterocycles. The second kappa shape index (κ2) is 7.44.